The summed E-state index contributed by atoms with van der Waals surface area (Å²) in [6, 6.07) is 34.3. The molecule has 0 aliphatic carbocycles. The quantitative estimate of drug-likeness (QED) is 0.121. The Kier molecular flexibility index (Phi) is 7.69. The second-order valence-electron chi connectivity index (χ2n) is 7.72. The molecule has 0 bridgehead atoms. The summed E-state index contributed by atoms with van der Waals surface area (Å²) in [6.45, 7) is 7.05. The second-order valence-corrected chi connectivity index (χ2v) is 7.72. The molecule has 4 rings (SSSR count). The van der Waals surface area contributed by atoms with E-state index in [1.165, 1.54) is 0 Å². The molecule has 0 atom stereocenters. The number of ether oxygens (including phenoxy) is 2. The molecule has 0 aliphatic heterocycles. The van der Waals surface area contributed by atoms with Gasteiger partial charge in [-0.25, -0.2) is 9.59 Å². The van der Waals surface area contributed by atoms with Gasteiger partial charge in [-0.2, -0.15) is 0 Å². The molecule has 176 valence electrons. The predicted molar refractivity (Wildman–Crippen MR) is 142 cm³/mol. The molecule has 0 unspecified atom stereocenters. The highest BCUT2D eigenvalue weighted by atomic mass is 16.5. The summed E-state index contributed by atoms with van der Waals surface area (Å²) in [4.78, 5) is 24.4. The van der Waals surface area contributed by atoms with E-state index in [-0.39, 0.29) is 0 Å². The highest BCUT2D eigenvalue weighted by molar-refractivity contribution is 6.07. The Labute approximate surface area is 210 Å². The maximum Gasteiger partial charge on any atom is 0.335 e. The fourth-order valence-electron chi connectivity index (χ4n) is 3.90. The zero-order valence-electron chi connectivity index (χ0n) is 19.6. The van der Waals surface area contributed by atoms with Gasteiger partial charge in [0.1, 0.15) is 11.5 Å². The molecule has 0 radical (unpaired) electrons. The van der Waals surface area contributed by atoms with Crippen LogP contribution in [0.4, 0.5) is 0 Å². The van der Waals surface area contributed by atoms with Crippen LogP contribution in [0.15, 0.2) is 135 Å². The molecule has 0 heterocycles. The predicted octanol–water partition coefficient (Wildman–Crippen LogP) is 6.88. The summed E-state index contributed by atoms with van der Waals surface area (Å²) < 4.78 is 11.3. The zero-order chi connectivity index (χ0) is 25.3. The number of hydrogen-bond donors (Lipinski definition) is 0. The first-order chi connectivity index (χ1) is 17.6. The van der Waals surface area contributed by atoms with Gasteiger partial charge < -0.3 is 9.47 Å². The van der Waals surface area contributed by atoms with Crippen molar-refractivity contribution in [2.75, 3.05) is 0 Å². The van der Waals surface area contributed by atoms with Crippen molar-refractivity contribution in [1.29, 1.82) is 0 Å². The maximum atomic E-state index is 12.2. The van der Waals surface area contributed by atoms with Crippen LogP contribution in [0.5, 0.6) is 11.5 Å². The highest BCUT2D eigenvalue weighted by Crippen LogP contribution is 2.42. The van der Waals surface area contributed by atoms with Crippen LogP contribution in [0, 0.1) is 0 Å². The average molecular weight is 473 g/mol. The fourth-order valence-corrected chi connectivity index (χ4v) is 3.90. The van der Waals surface area contributed by atoms with Gasteiger partial charge in [0.05, 0.1) is 0 Å². The van der Waals surface area contributed by atoms with E-state index >= 15 is 0 Å². The molecule has 0 saturated heterocycles. The van der Waals surface area contributed by atoms with Crippen LogP contribution in [0.2, 0.25) is 0 Å². The summed E-state index contributed by atoms with van der Waals surface area (Å²) in [7, 11) is 0. The number of hydrogen-bond acceptors (Lipinski definition) is 4. The molecule has 0 amide bonds. The van der Waals surface area contributed by atoms with E-state index in [2.05, 4.69) is 13.2 Å². The summed E-state index contributed by atoms with van der Waals surface area (Å²) in [5.74, 6) is -0.349. The molecule has 0 aromatic heterocycles. The van der Waals surface area contributed by atoms with E-state index in [4.69, 9.17) is 9.47 Å². The number of carbonyl (C=O) groups excluding carboxylic acids is 2. The van der Waals surface area contributed by atoms with Crippen molar-refractivity contribution in [3.63, 3.8) is 0 Å². The Morgan fingerprint density at radius 1 is 0.500 bits per heavy atom. The Hall–Kier alpha value is -4.96. The normalized spacial score (nSPS) is 11.1. The number of para-hydroxylation sites is 2. The first-order valence-corrected chi connectivity index (χ1v) is 11.3. The zero-order valence-corrected chi connectivity index (χ0v) is 19.6. The highest BCUT2D eigenvalue weighted by Gasteiger charge is 2.22. The first-order valence-electron chi connectivity index (χ1n) is 11.3. The smallest absolute Gasteiger partial charge is 0.335 e. The lowest BCUT2D eigenvalue weighted by Crippen LogP contribution is -2.08. The van der Waals surface area contributed by atoms with E-state index in [0.29, 0.717) is 22.6 Å². The van der Waals surface area contributed by atoms with Gasteiger partial charge in [-0.3, -0.25) is 0 Å². The third-order valence-electron chi connectivity index (χ3n) is 5.44. The van der Waals surface area contributed by atoms with E-state index in [1.807, 2.05) is 84.9 Å². The van der Waals surface area contributed by atoms with Crippen molar-refractivity contribution in [3.05, 3.63) is 157 Å². The van der Waals surface area contributed by atoms with Gasteiger partial charge in [-0.15, -0.1) is 0 Å². The summed E-state index contributed by atoms with van der Waals surface area (Å²) in [5, 5.41) is 0. The van der Waals surface area contributed by atoms with E-state index < -0.39 is 11.9 Å². The minimum Gasteiger partial charge on any atom is -0.423 e. The molecule has 0 aliphatic rings. The van der Waals surface area contributed by atoms with E-state index in [0.717, 1.165) is 34.4 Å². The van der Waals surface area contributed by atoms with E-state index in [9.17, 15) is 9.59 Å². The van der Waals surface area contributed by atoms with Crippen LogP contribution >= 0.6 is 0 Å². The third kappa shape index (κ3) is 5.40. The molecular weight excluding hydrogens is 448 g/mol. The molecule has 36 heavy (non-hydrogen) atoms. The Bertz CT molecular complexity index is 1320. The summed E-state index contributed by atoms with van der Waals surface area (Å²) >= 11 is 0. The summed E-state index contributed by atoms with van der Waals surface area (Å²) in [6.07, 6.45) is 2.26. The number of rotatable bonds is 8. The number of benzene rings is 4. The Morgan fingerprint density at radius 3 is 1.19 bits per heavy atom. The van der Waals surface area contributed by atoms with Crippen molar-refractivity contribution >= 4 is 23.1 Å². The molecule has 4 nitrogen and oxygen atoms in total. The third-order valence-corrected chi connectivity index (χ3v) is 5.44. The minimum absolute atomic E-state index is 0.384. The van der Waals surface area contributed by atoms with Crippen molar-refractivity contribution in [3.8, 4) is 11.5 Å². The largest absolute Gasteiger partial charge is 0.423 e. The number of carbonyl (C=O) groups is 2. The second kappa shape index (κ2) is 11.4. The Balaban J connectivity index is 2.13. The van der Waals surface area contributed by atoms with Crippen LogP contribution in [0.3, 0.4) is 0 Å². The lowest BCUT2D eigenvalue weighted by molar-refractivity contribution is -0.129. The van der Waals surface area contributed by atoms with Crippen molar-refractivity contribution < 1.29 is 19.1 Å². The topological polar surface area (TPSA) is 52.6 Å². The van der Waals surface area contributed by atoms with Gasteiger partial charge in [-0.1, -0.05) is 110 Å². The van der Waals surface area contributed by atoms with Crippen molar-refractivity contribution in [1.82, 2.24) is 0 Å². The summed E-state index contributed by atoms with van der Waals surface area (Å²) in [5.41, 5.74) is 4.78. The van der Waals surface area contributed by atoms with Gasteiger partial charge in [0.25, 0.3) is 0 Å². The van der Waals surface area contributed by atoms with Crippen LogP contribution in [0.1, 0.15) is 22.3 Å². The van der Waals surface area contributed by atoms with Gasteiger partial charge in [0.15, 0.2) is 0 Å². The monoisotopic (exact) mass is 472 g/mol. The SMILES string of the molecule is C=CC(=O)Oc1ccccc1C(=C(c1ccccc1)c1ccccc1OC(=O)C=C)c1ccccc1. The molecule has 4 aromatic carbocycles. The van der Waals surface area contributed by atoms with Crippen molar-refractivity contribution in [2.24, 2.45) is 0 Å². The lowest BCUT2D eigenvalue weighted by atomic mass is 9.85. The Morgan fingerprint density at radius 2 is 0.833 bits per heavy atom. The van der Waals surface area contributed by atoms with Crippen molar-refractivity contribution in [2.45, 2.75) is 0 Å². The minimum atomic E-state index is -0.559. The molecule has 0 N–H and O–H groups in total. The molecular formula is C32H24O4. The fraction of sp³-hybridized carbons (Fsp3) is 0. The van der Waals surface area contributed by atoms with Gasteiger partial charge in [0, 0.05) is 34.4 Å². The molecule has 0 fully saturated rings. The maximum absolute atomic E-state index is 12.2. The van der Waals surface area contributed by atoms with Crippen LogP contribution in [-0.2, 0) is 9.59 Å². The first kappa shape index (κ1) is 24.2. The lowest BCUT2D eigenvalue weighted by Gasteiger charge is -2.21. The molecule has 0 saturated carbocycles. The standard InChI is InChI=1S/C32H24O4/c1-3-29(33)35-27-21-13-11-19-25(27)31(23-15-7-5-8-16-23)32(24-17-9-6-10-18-24)26-20-12-14-22-28(26)36-30(34)4-2/h3-22H,1-2H2. The molecule has 4 heteroatoms. The van der Waals surface area contributed by atoms with Crippen LogP contribution in [-0.4, -0.2) is 11.9 Å². The van der Waals surface area contributed by atoms with Crippen LogP contribution in [0.25, 0.3) is 11.1 Å². The van der Waals surface area contributed by atoms with Gasteiger partial charge in [-0.05, 0) is 23.3 Å². The van der Waals surface area contributed by atoms with Gasteiger partial charge in [0.2, 0.25) is 0 Å². The average Bonchev–Trinajstić information content (AvgIpc) is 2.93. The van der Waals surface area contributed by atoms with Crippen LogP contribution < -0.4 is 9.47 Å². The van der Waals surface area contributed by atoms with E-state index in [1.54, 1.807) is 24.3 Å². The van der Waals surface area contributed by atoms with Gasteiger partial charge >= 0.3 is 11.9 Å². The molecule has 0 spiro atoms. The molecule has 4 aromatic rings. The number of esters is 2.